The highest BCUT2D eigenvalue weighted by molar-refractivity contribution is 5.98. The highest BCUT2D eigenvalue weighted by Gasteiger charge is 2.55. The molecule has 2 heterocycles. The molecule has 0 aromatic rings. The maximum absolute atomic E-state index is 12.3. The van der Waals surface area contributed by atoms with Gasteiger partial charge in [-0.2, -0.15) is 10.5 Å². The lowest BCUT2D eigenvalue weighted by molar-refractivity contribution is -0.129. The number of piperidine rings is 2. The van der Waals surface area contributed by atoms with Gasteiger partial charge in [0, 0.05) is 24.2 Å². The lowest BCUT2D eigenvalue weighted by Gasteiger charge is -2.22. The molecule has 2 saturated carbocycles. The Hall–Kier alpha value is -2.34. The van der Waals surface area contributed by atoms with Crippen molar-refractivity contribution < 1.29 is 9.59 Å². The Labute approximate surface area is 128 Å². The van der Waals surface area contributed by atoms with E-state index in [4.69, 9.17) is 10.5 Å². The largest absolute Gasteiger partial charge is 0.320 e. The number of amides is 2. The van der Waals surface area contributed by atoms with Gasteiger partial charge in [0.2, 0.25) is 11.8 Å². The Balaban J connectivity index is 1.43. The molecule has 2 aliphatic carbocycles. The van der Waals surface area contributed by atoms with E-state index in [0.717, 1.165) is 25.7 Å². The molecule has 6 atom stereocenters. The van der Waals surface area contributed by atoms with Crippen LogP contribution < -0.4 is 0 Å². The number of nitrogens with zero attached hydrogens (tertiary/aromatic N) is 4. The van der Waals surface area contributed by atoms with E-state index in [0.29, 0.717) is 11.8 Å². The normalized spacial score (nSPS) is 40.8. The minimum absolute atomic E-state index is 0.184. The van der Waals surface area contributed by atoms with Crippen molar-refractivity contribution in [1.29, 1.82) is 10.5 Å². The van der Waals surface area contributed by atoms with E-state index in [-0.39, 0.29) is 36.0 Å². The number of hydrogen-bond donors (Lipinski definition) is 0. The summed E-state index contributed by atoms with van der Waals surface area (Å²) in [5.41, 5.74) is 0. The van der Waals surface area contributed by atoms with Crippen molar-refractivity contribution in [3.8, 4) is 12.1 Å². The lowest BCUT2D eigenvalue weighted by Crippen LogP contribution is -2.38. The molecule has 22 heavy (non-hydrogen) atoms. The Kier molecular flexibility index (Phi) is 2.77. The van der Waals surface area contributed by atoms with Crippen LogP contribution in [0.2, 0.25) is 0 Å². The van der Waals surface area contributed by atoms with Crippen molar-refractivity contribution in [2.24, 2.45) is 11.8 Å². The first-order chi connectivity index (χ1) is 10.6. The van der Waals surface area contributed by atoms with Crippen LogP contribution in [0.5, 0.6) is 0 Å². The second-order valence-corrected chi connectivity index (χ2v) is 6.71. The van der Waals surface area contributed by atoms with Crippen LogP contribution in [-0.4, -0.2) is 45.8 Å². The predicted molar refractivity (Wildman–Crippen MR) is 74.7 cm³/mol. The third-order valence-corrected chi connectivity index (χ3v) is 5.38. The molecular formula is C16H16N4O2. The first-order valence-corrected chi connectivity index (χ1v) is 7.76. The third-order valence-electron chi connectivity index (χ3n) is 5.38. The standard InChI is InChI=1S/C16H16N4O2/c17-7-11-3-9-5-13(9)19(11)15(21)1-2-16(22)20-12(8-18)4-10-6-14(10)20/h1-2,9-14H,3-6H2/b2-1+/t9-,10-,11+,12+,13+,14+/m1/s1. The van der Waals surface area contributed by atoms with Crippen molar-refractivity contribution in [3.63, 3.8) is 0 Å². The first-order valence-electron chi connectivity index (χ1n) is 7.76. The van der Waals surface area contributed by atoms with Crippen LogP contribution in [0.4, 0.5) is 0 Å². The summed E-state index contributed by atoms with van der Waals surface area (Å²) in [6, 6.07) is 3.97. The monoisotopic (exact) mass is 296 g/mol. The minimum atomic E-state index is -0.359. The van der Waals surface area contributed by atoms with Gasteiger partial charge in [0.25, 0.3) is 0 Å². The van der Waals surface area contributed by atoms with Gasteiger partial charge in [-0.3, -0.25) is 9.59 Å². The summed E-state index contributed by atoms with van der Waals surface area (Å²) in [5, 5.41) is 18.2. The molecule has 0 bridgehead atoms. The fraction of sp³-hybridized carbons (Fsp3) is 0.625. The molecular weight excluding hydrogens is 280 g/mol. The fourth-order valence-corrected chi connectivity index (χ4v) is 4.09. The van der Waals surface area contributed by atoms with Gasteiger partial charge in [-0.1, -0.05) is 0 Å². The van der Waals surface area contributed by atoms with Gasteiger partial charge in [0.15, 0.2) is 0 Å². The Morgan fingerprint density at radius 2 is 1.23 bits per heavy atom. The Morgan fingerprint density at radius 3 is 1.59 bits per heavy atom. The summed E-state index contributed by atoms with van der Waals surface area (Å²) in [5.74, 6) is 0.410. The summed E-state index contributed by atoms with van der Waals surface area (Å²) in [6.07, 6.45) is 5.99. The van der Waals surface area contributed by atoms with Crippen molar-refractivity contribution in [3.05, 3.63) is 12.2 Å². The van der Waals surface area contributed by atoms with Crippen LogP contribution in [-0.2, 0) is 9.59 Å². The van der Waals surface area contributed by atoms with E-state index < -0.39 is 0 Å². The molecule has 0 aromatic carbocycles. The van der Waals surface area contributed by atoms with E-state index in [1.807, 2.05) is 0 Å². The Morgan fingerprint density at radius 1 is 0.818 bits per heavy atom. The molecule has 4 fully saturated rings. The van der Waals surface area contributed by atoms with E-state index in [9.17, 15) is 9.59 Å². The summed E-state index contributed by atoms with van der Waals surface area (Å²) in [7, 11) is 0. The first kappa shape index (κ1) is 13.3. The van der Waals surface area contributed by atoms with E-state index in [2.05, 4.69) is 12.1 Å². The number of likely N-dealkylation sites (tertiary alicyclic amines) is 2. The molecule has 6 nitrogen and oxygen atoms in total. The molecule has 0 radical (unpaired) electrons. The summed E-state index contributed by atoms with van der Waals surface area (Å²) < 4.78 is 0. The molecule has 0 aromatic heterocycles. The van der Waals surface area contributed by atoms with Crippen LogP contribution in [0, 0.1) is 34.5 Å². The lowest BCUT2D eigenvalue weighted by atomic mass is 10.2. The van der Waals surface area contributed by atoms with Crippen molar-refractivity contribution in [2.75, 3.05) is 0 Å². The minimum Gasteiger partial charge on any atom is -0.320 e. The second-order valence-electron chi connectivity index (χ2n) is 6.71. The second kappa shape index (κ2) is 4.58. The molecule has 2 saturated heterocycles. The van der Waals surface area contributed by atoms with Crippen LogP contribution in [0.3, 0.4) is 0 Å². The molecule has 0 spiro atoms. The van der Waals surface area contributed by atoms with Crippen LogP contribution in [0.15, 0.2) is 12.2 Å². The molecule has 2 aliphatic heterocycles. The highest BCUT2D eigenvalue weighted by atomic mass is 16.2. The summed E-state index contributed by atoms with van der Waals surface area (Å²) >= 11 is 0. The zero-order valence-electron chi connectivity index (χ0n) is 12.1. The maximum Gasteiger partial charge on any atom is 0.248 e. The summed E-state index contributed by atoms with van der Waals surface area (Å²) in [4.78, 5) is 27.8. The van der Waals surface area contributed by atoms with Crippen LogP contribution in [0.25, 0.3) is 0 Å². The topological polar surface area (TPSA) is 88.2 Å². The van der Waals surface area contributed by atoms with Gasteiger partial charge < -0.3 is 9.80 Å². The highest BCUT2D eigenvalue weighted by Crippen LogP contribution is 2.48. The molecule has 0 unspecified atom stereocenters. The van der Waals surface area contributed by atoms with E-state index in [1.165, 1.54) is 12.2 Å². The zero-order valence-corrected chi connectivity index (χ0v) is 12.1. The smallest absolute Gasteiger partial charge is 0.248 e. The van der Waals surface area contributed by atoms with Crippen LogP contribution in [0.1, 0.15) is 25.7 Å². The average molecular weight is 296 g/mol. The number of carbonyl (C=O) groups excluding carboxylic acids is 2. The van der Waals surface area contributed by atoms with Crippen LogP contribution >= 0.6 is 0 Å². The zero-order chi connectivity index (χ0) is 15.4. The number of carbonyl (C=O) groups is 2. The molecule has 2 amide bonds. The van der Waals surface area contributed by atoms with Gasteiger partial charge >= 0.3 is 0 Å². The van der Waals surface area contributed by atoms with Crippen molar-refractivity contribution in [2.45, 2.75) is 49.9 Å². The van der Waals surface area contributed by atoms with Gasteiger partial charge in [0.1, 0.15) is 12.1 Å². The van der Waals surface area contributed by atoms with Crippen molar-refractivity contribution >= 4 is 11.8 Å². The molecule has 4 aliphatic rings. The fourth-order valence-electron chi connectivity index (χ4n) is 4.09. The SMILES string of the molecule is N#C[C@@H]1C[C@@H]2C[C@@H]2N1C(=O)/C=C/C(=O)N1[C@H](C#N)C[C@@H]2C[C@@H]21. The molecule has 112 valence electrons. The third kappa shape index (κ3) is 1.91. The van der Waals surface area contributed by atoms with Gasteiger partial charge in [0.05, 0.1) is 12.1 Å². The molecule has 0 N–H and O–H groups in total. The van der Waals surface area contributed by atoms with E-state index >= 15 is 0 Å². The van der Waals surface area contributed by atoms with Gasteiger partial charge in [-0.15, -0.1) is 0 Å². The Bertz CT molecular complexity index is 602. The molecule has 6 heteroatoms. The average Bonchev–Trinajstić information content (AvgIpc) is 3.40. The number of fused-ring (bicyclic) bond motifs is 2. The van der Waals surface area contributed by atoms with Gasteiger partial charge in [-0.25, -0.2) is 0 Å². The molecule has 4 rings (SSSR count). The van der Waals surface area contributed by atoms with Gasteiger partial charge in [-0.05, 0) is 37.5 Å². The maximum atomic E-state index is 12.3. The van der Waals surface area contributed by atoms with E-state index in [1.54, 1.807) is 9.80 Å². The quantitative estimate of drug-likeness (QED) is 0.697. The summed E-state index contributed by atoms with van der Waals surface area (Å²) in [6.45, 7) is 0. The predicted octanol–water partition coefficient (Wildman–Crippen LogP) is 0.569. The number of hydrogen-bond acceptors (Lipinski definition) is 4. The van der Waals surface area contributed by atoms with Crippen molar-refractivity contribution in [1.82, 2.24) is 9.80 Å². The number of rotatable bonds is 2. The number of nitriles is 2.